The van der Waals surface area contributed by atoms with Crippen LogP contribution >= 0.6 is 0 Å². The Morgan fingerprint density at radius 3 is 1.46 bits per heavy atom. The summed E-state index contributed by atoms with van der Waals surface area (Å²) in [5, 5.41) is 0. The minimum atomic E-state index is -0.424. The molecule has 1 aliphatic heterocycles. The maximum Gasteiger partial charge on any atom is 0.190 e. The van der Waals surface area contributed by atoms with Crippen LogP contribution in [0.15, 0.2) is 11.0 Å². The van der Waals surface area contributed by atoms with Crippen LogP contribution in [0.5, 0.6) is 0 Å². The van der Waals surface area contributed by atoms with Crippen LogP contribution < -0.4 is 0 Å². The van der Waals surface area contributed by atoms with Gasteiger partial charge in [-0.2, -0.15) is 0 Å². The van der Waals surface area contributed by atoms with E-state index in [0.29, 0.717) is 0 Å². The largest absolute Gasteiger partial charge is 0.344 e. The first kappa shape index (κ1) is 32.8. The van der Waals surface area contributed by atoms with Gasteiger partial charge in [0.25, 0.3) is 0 Å². The first-order valence-corrected chi connectivity index (χ1v) is 16.2. The lowest BCUT2D eigenvalue weighted by molar-refractivity contribution is -0.133. The third-order valence-electron chi connectivity index (χ3n) is 8.07. The number of hydrogen-bond acceptors (Lipinski definition) is 2. The molecule has 0 N–H and O–H groups in total. The summed E-state index contributed by atoms with van der Waals surface area (Å²) in [4.78, 5) is 0. The molecule has 35 heavy (non-hydrogen) atoms. The third-order valence-corrected chi connectivity index (χ3v) is 8.07. The molecule has 0 bridgehead atoms. The topological polar surface area (TPSA) is 18.5 Å². The molecular formula is C32H63BO2. The molecule has 0 atom stereocenters. The lowest BCUT2D eigenvalue weighted by Gasteiger charge is -2.35. The first-order chi connectivity index (χ1) is 17.2. The van der Waals surface area contributed by atoms with Gasteiger partial charge in [0, 0.05) is 6.42 Å². The maximum absolute atomic E-state index is 6.56. The van der Waals surface area contributed by atoms with Gasteiger partial charge < -0.3 is 9.47 Å². The van der Waals surface area contributed by atoms with Crippen molar-refractivity contribution >= 4 is 6.71 Å². The molecule has 0 aliphatic carbocycles. The molecule has 1 saturated heterocycles. The van der Waals surface area contributed by atoms with E-state index in [1.807, 2.05) is 0 Å². The Balaban J connectivity index is 3.31. The summed E-state index contributed by atoms with van der Waals surface area (Å²) in [7, 11) is 0. The summed E-state index contributed by atoms with van der Waals surface area (Å²) in [6.45, 7) is 13.9. The van der Waals surface area contributed by atoms with E-state index in [4.69, 9.17) is 9.47 Å². The average Bonchev–Trinajstić information content (AvgIpc) is 3.34. The van der Waals surface area contributed by atoms with Gasteiger partial charge in [-0.1, -0.05) is 155 Å². The lowest BCUT2D eigenvalue weighted by Crippen LogP contribution is -2.36. The molecule has 0 radical (unpaired) electrons. The molecule has 2 nitrogen and oxygen atoms in total. The predicted molar refractivity (Wildman–Crippen MR) is 158 cm³/mol. The molecule has 1 aliphatic rings. The summed E-state index contributed by atoms with van der Waals surface area (Å²) >= 11 is 0. The zero-order chi connectivity index (χ0) is 25.6. The van der Waals surface area contributed by atoms with E-state index in [1.54, 1.807) is 11.0 Å². The molecule has 0 aromatic rings. The zero-order valence-electron chi connectivity index (χ0n) is 24.9. The fraction of sp³-hybridized carbons (Fsp3) is 0.938. The van der Waals surface area contributed by atoms with E-state index in [1.165, 1.54) is 128 Å². The van der Waals surface area contributed by atoms with Crippen LogP contribution in [0.1, 0.15) is 163 Å². The molecule has 1 heterocycles. The fourth-order valence-corrected chi connectivity index (χ4v) is 6.05. The highest BCUT2D eigenvalue weighted by molar-refractivity contribution is 6.66. The van der Waals surface area contributed by atoms with Gasteiger partial charge in [0.2, 0.25) is 0 Å². The molecule has 3 heteroatoms. The van der Waals surface area contributed by atoms with E-state index in [-0.39, 0.29) is 0 Å². The Morgan fingerprint density at radius 1 is 0.543 bits per heavy atom. The van der Waals surface area contributed by atoms with Crippen molar-refractivity contribution in [3.8, 4) is 0 Å². The number of rotatable bonds is 24. The normalized spacial score (nSPS) is 16.0. The number of hydrogen-bond donors (Lipinski definition) is 0. The van der Waals surface area contributed by atoms with E-state index in [0.717, 1.165) is 32.8 Å². The van der Waals surface area contributed by atoms with E-state index in [2.05, 4.69) is 34.6 Å². The fourth-order valence-electron chi connectivity index (χ4n) is 6.05. The van der Waals surface area contributed by atoms with Gasteiger partial charge in [0.05, 0.1) is 13.2 Å². The molecule has 0 aromatic carbocycles. The van der Waals surface area contributed by atoms with Crippen molar-refractivity contribution in [1.82, 2.24) is 0 Å². The number of ether oxygens (including phenoxy) is 2. The first-order valence-electron chi connectivity index (χ1n) is 16.2. The Labute approximate surface area is 221 Å². The molecule has 1 rings (SSSR count). The summed E-state index contributed by atoms with van der Waals surface area (Å²) in [5.41, 5.74) is 3.38. The minimum absolute atomic E-state index is 0.424. The van der Waals surface area contributed by atoms with Crippen molar-refractivity contribution in [2.45, 2.75) is 181 Å². The van der Waals surface area contributed by atoms with Crippen LogP contribution in [0.3, 0.4) is 0 Å². The third kappa shape index (κ3) is 13.2. The van der Waals surface area contributed by atoms with Crippen molar-refractivity contribution in [1.29, 1.82) is 0 Å². The molecule has 0 spiro atoms. The van der Waals surface area contributed by atoms with Gasteiger partial charge in [0.1, 0.15) is 0 Å². The summed E-state index contributed by atoms with van der Waals surface area (Å²) in [5.74, 6) is -0.424. The van der Waals surface area contributed by atoms with Crippen LogP contribution in [-0.4, -0.2) is 25.7 Å². The van der Waals surface area contributed by atoms with Gasteiger partial charge in [-0.05, 0) is 24.8 Å². The monoisotopic (exact) mass is 490 g/mol. The Hall–Kier alpha value is -0.275. The van der Waals surface area contributed by atoms with Crippen LogP contribution in [0.2, 0.25) is 12.6 Å². The van der Waals surface area contributed by atoms with Crippen LogP contribution in [-0.2, 0) is 9.47 Å². The Kier molecular flexibility index (Phi) is 20.4. The maximum atomic E-state index is 6.56. The molecule has 0 aromatic heterocycles. The van der Waals surface area contributed by atoms with Crippen LogP contribution in [0, 0.1) is 0 Å². The predicted octanol–water partition coefficient (Wildman–Crippen LogP) is 11.0. The standard InChI is InChI=1S/C32H63BO2/c1-6-11-15-19-23-30(32(25-10-5)34-28-29-35-32)31(24-20-16-12-7-2)33(26-21-17-13-8-3)27-22-18-14-9-4/h6-29H2,1-5H3/b31-30+. The quantitative estimate of drug-likeness (QED) is 0.0989. The zero-order valence-corrected chi connectivity index (χ0v) is 24.9. The average molecular weight is 491 g/mol. The molecule has 0 unspecified atom stereocenters. The van der Waals surface area contributed by atoms with Gasteiger partial charge in [-0.3, -0.25) is 0 Å². The second kappa shape index (κ2) is 21.8. The second-order valence-corrected chi connectivity index (χ2v) is 11.2. The van der Waals surface area contributed by atoms with Crippen molar-refractivity contribution in [2.75, 3.05) is 13.2 Å². The summed E-state index contributed by atoms with van der Waals surface area (Å²) in [6, 6.07) is 0. The molecule has 1 fully saturated rings. The SMILES string of the molecule is CCCCCCB(CCCCCC)/C(CCCCCC)=C(\CCCCCC)C1(CCC)OCCO1. The lowest BCUT2D eigenvalue weighted by atomic mass is 9.37. The van der Waals surface area contributed by atoms with E-state index in [9.17, 15) is 0 Å². The highest BCUT2D eigenvalue weighted by atomic mass is 16.7. The van der Waals surface area contributed by atoms with Gasteiger partial charge >= 0.3 is 0 Å². The molecular weight excluding hydrogens is 427 g/mol. The van der Waals surface area contributed by atoms with Crippen molar-refractivity contribution in [2.24, 2.45) is 0 Å². The highest BCUT2D eigenvalue weighted by Gasteiger charge is 2.41. The second-order valence-electron chi connectivity index (χ2n) is 11.2. The Morgan fingerprint density at radius 2 is 1.00 bits per heavy atom. The molecule has 206 valence electrons. The molecule has 0 amide bonds. The van der Waals surface area contributed by atoms with E-state index >= 15 is 0 Å². The van der Waals surface area contributed by atoms with Crippen molar-refractivity contribution < 1.29 is 9.47 Å². The van der Waals surface area contributed by atoms with E-state index < -0.39 is 5.79 Å². The smallest absolute Gasteiger partial charge is 0.190 e. The number of unbranched alkanes of at least 4 members (excludes halogenated alkanes) is 12. The molecule has 0 saturated carbocycles. The van der Waals surface area contributed by atoms with Crippen molar-refractivity contribution in [3.63, 3.8) is 0 Å². The van der Waals surface area contributed by atoms with Crippen LogP contribution in [0.4, 0.5) is 0 Å². The van der Waals surface area contributed by atoms with Crippen molar-refractivity contribution in [3.05, 3.63) is 11.0 Å². The minimum Gasteiger partial charge on any atom is -0.344 e. The summed E-state index contributed by atoms with van der Waals surface area (Å²) in [6.07, 6.45) is 29.0. The van der Waals surface area contributed by atoms with Gasteiger partial charge in [-0.25, -0.2) is 0 Å². The number of allylic oxidation sites excluding steroid dienone is 1. The Bertz CT molecular complexity index is 498. The van der Waals surface area contributed by atoms with Crippen LogP contribution in [0.25, 0.3) is 0 Å². The van der Waals surface area contributed by atoms with Gasteiger partial charge in [0.15, 0.2) is 12.5 Å². The highest BCUT2D eigenvalue weighted by Crippen LogP contribution is 2.41. The summed E-state index contributed by atoms with van der Waals surface area (Å²) < 4.78 is 13.1. The van der Waals surface area contributed by atoms with Gasteiger partial charge in [-0.15, -0.1) is 0 Å².